The third-order valence-electron chi connectivity index (χ3n) is 4.55. The fraction of sp³-hybridized carbons (Fsp3) is 0.263. The summed E-state index contributed by atoms with van der Waals surface area (Å²) in [6.07, 6.45) is 0.209. The van der Waals surface area contributed by atoms with E-state index >= 15 is 0 Å². The molecule has 1 N–H and O–H groups in total. The van der Waals surface area contributed by atoms with Crippen LogP contribution in [0.4, 0.5) is 5.69 Å². The standard InChI is InChI=1S/C19H18Cl2N2O4/c1-11(24)23(27-2)22-16-9-13(20)8-15(21)18(16)14(10-17(22)19(25)26)12-6-4-3-5-7-12/h3-9,14,17H,10H2,1-2H3,(H,25,26)/t14-,17-/m0/s1. The summed E-state index contributed by atoms with van der Waals surface area (Å²) in [6.45, 7) is 1.29. The third kappa shape index (κ3) is 3.60. The number of anilines is 1. The van der Waals surface area contributed by atoms with Crippen molar-refractivity contribution in [2.24, 2.45) is 0 Å². The third-order valence-corrected chi connectivity index (χ3v) is 5.08. The number of hydroxylamine groups is 1. The zero-order valence-electron chi connectivity index (χ0n) is 14.7. The van der Waals surface area contributed by atoms with Crippen molar-refractivity contribution in [3.8, 4) is 0 Å². The van der Waals surface area contributed by atoms with Gasteiger partial charge in [-0.05, 0) is 24.1 Å². The number of hydrogen-bond donors (Lipinski definition) is 1. The van der Waals surface area contributed by atoms with Crippen molar-refractivity contribution in [3.63, 3.8) is 0 Å². The molecule has 0 aromatic heterocycles. The number of carbonyl (C=O) groups is 2. The van der Waals surface area contributed by atoms with Crippen LogP contribution in [-0.4, -0.2) is 35.3 Å². The van der Waals surface area contributed by atoms with Crippen LogP contribution < -0.4 is 5.01 Å². The Bertz CT molecular complexity index is 876. The molecule has 1 heterocycles. The molecule has 0 unspecified atom stereocenters. The van der Waals surface area contributed by atoms with Gasteiger partial charge >= 0.3 is 5.97 Å². The molecule has 0 aliphatic carbocycles. The highest BCUT2D eigenvalue weighted by atomic mass is 35.5. The van der Waals surface area contributed by atoms with Crippen molar-refractivity contribution in [1.82, 2.24) is 5.17 Å². The molecule has 1 amide bonds. The molecule has 2 aromatic carbocycles. The first-order chi connectivity index (χ1) is 12.8. The van der Waals surface area contributed by atoms with Gasteiger partial charge in [0, 0.05) is 28.5 Å². The molecule has 142 valence electrons. The first-order valence-electron chi connectivity index (χ1n) is 8.25. The summed E-state index contributed by atoms with van der Waals surface area (Å²) in [7, 11) is 1.30. The molecule has 0 fully saturated rings. The molecule has 8 heteroatoms. The predicted molar refractivity (Wildman–Crippen MR) is 103 cm³/mol. The van der Waals surface area contributed by atoms with Crippen LogP contribution in [0.2, 0.25) is 10.0 Å². The van der Waals surface area contributed by atoms with Gasteiger partial charge in [0.05, 0.1) is 12.8 Å². The summed E-state index contributed by atoms with van der Waals surface area (Å²) in [5.41, 5.74) is 2.06. The smallest absolute Gasteiger partial charge is 0.328 e. The minimum Gasteiger partial charge on any atom is -0.480 e. The number of carboxylic acids is 1. The van der Waals surface area contributed by atoms with Crippen molar-refractivity contribution in [3.05, 3.63) is 63.6 Å². The quantitative estimate of drug-likeness (QED) is 0.770. The Morgan fingerprint density at radius 3 is 2.44 bits per heavy atom. The van der Waals surface area contributed by atoms with Crippen molar-refractivity contribution < 1.29 is 19.5 Å². The van der Waals surface area contributed by atoms with E-state index in [0.29, 0.717) is 21.3 Å². The Labute approximate surface area is 166 Å². The number of nitrogens with zero attached hydrogens (tertiary/aromatic N) is 2. The van der Waals surface area contributed by atoms with Crippen LogP contribution >= 0.6 is 23.2 Å². The number of halogens is 2. The lowest BCUT2D eigenvalue weighted by Crippen LogP contribution is -2.56. The number of carbonyl (C=O) groups excluding carboxylic acids is 1. The minimum atomic E-state index is -1.08. The second kappa shape index (κ2) is 7.76. The minimum absolute atomic E-state index is 0.209. The predicted octanol–water partition coefficient (Wildman–Crippen LogP) is 4.11. The van der Waals surface area contributed by atoms with Crippen molar-refractivity contribution in [2.75, 3.05) is 12.1 Å². The van der Waals surface area contributed by atoms with E-state index in [-0.39, 0.29) is 12.3 Å². The summed E-state index contributed by atoms with van der Waals surface area (Å²) in [6, 6.07) is 11.7. The van der Waals surface area contributed by atoms with E-state index < -0.39 is 17.9 Å². The Hall–Kier alpha value is -2.28. The van der Waals surface area contributed by atoms with Crippen LogP contribution in [0.3, 0.4) is 0 Å². The number of hydrogen-bond acceptors (Lipinski definition) is 4. The highest BCUT2D eigenvalue weighted by molar-refractivity contribution is 6.35. The molecule has 0 spiro atoms. The summed E-state index contributed by atoms with van der Waals surface area (Å²) < 4.78 is 0. The van der Waals surface area contributed by atoms with Crippen LogP contribution in [0.5, 0.6) is 0 Å². The molecule has 6 nitrogen and oxygen atoms in total. The van der Waals surface area contributed by atoms with Gasteiger partial charge in [0.25, 0.3) is 5.91 Å². The second-order valence-electron chi connectivity index (χ2n) is 6.19. The molecule has 2 atom stereocenters. The lowest BCUT2D eigenvalue weighted by atomic mass is 9.81. The van der Waals surface area contributed by atoms with E-state index in [1.54, 1.807) is 12.1 Å². The molecule has 1 aliphatic rings. The highest BCUT2D eigenvalue weighted by Gasteiger charge is 2.42. The number of fused-ring (bicyclic) bond motifs is 1. The monoisotopic (exact) mass is 408 g/mol. The maximum absolute atomic E-state index is 12.1. The van der Waals surface area contributed by atoms with Gasteiger partial charge < -0.3 is 5.11 Å². The average Bonchev–Trinajstić information content (AvgIpc) is 2.62. The van der Waals surface area contributed by atoms with Gasteiger partial charge in [0.2, 0.25) is 0 Å². The molecule has 3 rings (SSSR count). The number of hydrazine groups is 1. The maximum Gasteiger partial charge on any atom is 0.328 e. The molecule has 2 aromatic rings. The number of aliphatic carboxylic acids is 1. The Morgan fingerprint density at radius 2 is 1.89 bits per heavy atom. The van der Waals surface area contributed by atoms with Gasteiger partial charge in [0.15, 0.2) is 6.04 Å². The van der Waals surface area contributed by atoms with Crippen molar-refractivity contribution in [2.45, 2.75) is 25.3 Å². The molecule has 0 saturated carbocycles. The Kier molecular flexibility index (Phi) is 5.60. The van der Waals surface area contributed by atoms with Gasteiger partial charge in [-0.15, -0.1) is 5.17 Å². The van der Waals surface area contributed by atoms with Crippen molar-refractivity contribution >= 4 is 40.8 Å². The molecular weight excluding hydrogens is 391 g/mol. The van der Waals surface area contributed by atoms with E-state index in [9.17, 15) is 14.7 Å². The molecule has 1 aliphatic heterocycles. The average molecular weight is 409 g/mol. The zero-order valence-corrected chi connectivity index (χ0v) is 16.2. The zero-order chi connectivity index (χ0) is 19.7. The van der Waals surface area contributed by atoms with E-state index in [2.05, 4.69) is 0 Å². The Morgan fingerprint density at radius 1 is 1.22 bits per heavy atom. The lowest BCUT2D eigenvalue weighted by Gasteiger charge is -2.44. The topological polar surface area (TPSA) is 70.1 Å². The van der Waals surface area contributed by atoms with Gasteiger partial charge in [0.1, 0.15) is 0 Å². The van der Waals surface area contributed by atoms with E-state index in [0.717, 1.165) is 10.7 Å². The number of benzene rings is 2. The largest absolute Gasteiger partial charge is 0.480 e. The first kappa shape index (κ1) is 19.5. The second-order valence-corrected chi connectivity index (χ2v) is 7.04. The summed E-state index contributed by atoms with van der Waals surface area (Å²) in [5.74, 6) is -1.82. The van der Waals surface area contributed by atoms with Crippen LogP contribution in [0.1, 0.15) is 30.4 Å². The van der Waals surface area contributed by atoms with Crippen LogP contribution in [0.25, 0.3) is 0 Å². The molecule has 0 radical (unpaired) electrons. The van der Waals surface area contributed by atoms with Crippen LogP contribution in [0.15, 0.2) is 42.5 Å². The van der Waals surface area contributed by atoms with E-state index in [1.165, 1.54) is 19.0 Å². The SMILES string of the molecule is CON(C(C)=O)N1c2cc(Cl)cc(Cl)c2[C@H](c2ccccc2)C[C@H]1C(=O)O. The van der Waals surface area contributed by atoms with Gasteiger partial charge in [-0.3, -0.25) is 9.63 Å². The molecule has 27 heavy (non-hydrogen) atoms. The van der Waals surface area contributed by atoms with Crippen LogP contribution in [-0.2, 0) is 14.4 Å². The maximum atomic E-state index is 12.1. The van der Waals surface area contributed by atoms with Gasteiger partial charge in [-0.25, -0.2) is 9.80 Å². The normalized spacial score (nSPS) is 18.7. The fourth-order valence-corrected chi connectivity index (χ4v) is 4.12. The van der Waals surface area contributed by atoms with E-state index in [4.69, 9.17) is 28.0 Å². The van der Waals surface area contributed by atoms with Crippen molar-refractivity contribution in [1.29, 1.82) is 0 Å². The Balaban J connectivity index is 2.27. The van der Waals surface area contributed by atoms with E-state index in [1.807, 2.05) is 30.3 Å². The molecule has 0 saturated heterocycles. The van der Waals surface area contributed by atoms with Gasteiger partial charge in [-0.2, -0.15) is 0 Å². The lowest BCUT2D eigenvalue weighted by molar-refractivity contribution is -0.182. The first-order valence-corrected chi connectivity index (χ1v) is 9.01. The molecular formula is C19H18Cl2N2O4. The highest BCUT2D eigenvalue weighted by Crippen LogP contribution is 2.47. The summed E-state index contributed by atoms with van der Waals surface area (Å²) >= 11 is 12.7. The van der Waals surface area contributed by atoms with Crippen LogP contribution in [0, 0.1) is 0 Å². The number of amides is 1. The molecule has 0 bridgehead atoms. The number of carboxylic acid groups (broad SMARTS) is 1. The number of rotatable bonds is 4. The van der Waals surface area contributed by atoms with Gasteiger partial charge in [-0.1, -0.05) is 53.5 Å². The summed E-state index contributed by atoms with van der Waals surface area (Å²) in [5, 5.41) is 12.8. The fourth-order valence-electron chi connectivity index (χ4n) is 3.50. The summed E-state index contributed by atoms with van der Waals surface area (Å²) in [4.78, 5) is 29.3.